The molecule has 3 aromatic carbocycles. The van der Waals surface area contributed by atoms with Crippen molar-refractivity contribution in [1.29, 1.82) is 0 Å². The van der Waals surface area contributed by atoms with Gasteiger partial charge in [-0.25, -0.2) is 0 Å². The number of nitrogens with one attached hydrogen (secondary N) is 1. The number of carbonyl (C=O) groups is 2. The summed E-state index contributed by atoms with van der Waals surface area (Å²) < 4.78 is 0. The van der Waals surface area contributed by atoms with E-state index in [2.05, 4.69) is 41.7 Å². The van der Waals surface area contributed by atoms with Gasteiger partial charge in [-0.15, -0.1) is 0 Å². The molecule has 0 bridgehead atoms. The largest absolute Gasteiger partial charge is 0.344 e. The number of nitrogens with zero attached hydrogens (tertiary/aromatic N) is 1. The highest BCUT2D eigenvalue weighted by atomic mass is 35.5. The van der Waals surface area contributed by atoms with Crippen molar-refractivity contribution in [2.24, 2.45) is 5.92 Å². The summed E-state index contributed by atoms with van der Waals surface area (Å²) in [4.78, 5) is 28.7. The number of piperidine rings is 1. The fourth-order valence-corrected chi connectivity index (χ4v) is 5.22. The van der Waals surface area contributed by atoms with Crippen molar-refractivity contribution in [3.8, 4) is 0 Å². The van der Waals surface area contributed by atoms with E-state index in [-0.39, 0.29) is 23.7 Å². The molecular weight excluding hydrogens is 468 g/mol. The van der Waals surface area contributed by atoms with Gasteiger partial charge in [0.2, 0.25) is 11.8 Å². The first-order valence-corrected chi connectivity index (χ1v) is 13.2. The molecule has 1 aliphatic heterocycles. The van der Waals surface area contributed by atoms with Crippen LogP contribution in [-0.2, 0) is 9.59 Å². The molecule has 0 aliphatic carbocycles. The number of likely N-dealkylation sites (tertiary alicyclic amines) is 1. The molecule has 1 saturated heterocycles. The summed E-state index contributed by atoms with van der Waals surface area (Å²) in [7, 11) is 0. The molecule has 4 nitrogen and oxygen atoms in total. The van der Waals surface area contributed by atoms with Gasteiger partial charge >= 0.3 is 0 Å². The Hall–Kier alpha value is -3.11. The third kappa shape index (κ3) is 6.55. The van der Waals surface area contributed by atoms with Crippen molar-refractivity contribution in [2.75, 3.05) is 13.1 Å². The van der Waals surface area contributed by atoms with Gasteiger partial charge in [-0.2, -0.15) is 0 Å². The molecule has 5 heteroatoms. The number of halogens is 1. The van der Waals surface area contributed by atoms with E-state index in [1.165, 1.54) is 5.56 Å². The summed E-state index contributed by atoms with van der Waals surface area (Å²) in [6.07, 6.45) is 2.12. The first-order valence-electron chi connectivity index (χ1n) is 12.9. The molecule has 1 fully saturated rings. The van der Waals surface area contributed by atoms with E-state index in [9.17, 15) is 9.59 Å². The van der Waals surface area contributed by atoms with Crippen LogP contribution in [0.25, 0.3) is 0 Å². The maximum absolute atomic E-state index is 13.5. The van der Waals surface area contributed by atoms with E-state index >= 15 is 0 Å². The minimum absolute atomic E-state index is 0.00217. The third-order valence-corrected chi connectivity index (χ3v) is 7.44. The molecular formula is C31H35ClN2O2. The lowest BCUT2D eigenvalue weighted by atomic mass is 9.87. The number of benzene rings is 3. The lowest BCUT2D eigenvalue weighted by Crippen LogP contribution is -2.53. The lowest BCUT2D eigenvalue weighted by molar-refractivity contribution is -0.138. The molecule has 1 heterocycles. The minimum Gasteiger partial charge on any atom is -0.344 e. The first-order chi connectivity index (χ1) is 17.4. The van der Waals surface area contributed by atoms with Crippen molar-refractivity contribution in [3.63, 3.8) is 0 Å². The maximum atomic E-state index is 13.5. The Morgan fingerprint density at radius 3 is 1.89 bits per heavy atom. The summed E-state index contributed by atoms with van der Waals surface area (Å²) >= 11 is 6.03. The van der Waals surface area contributed by atoms with E-state index in [4.69, 9.17) is 11.6 Å². The van der Waals surface area contributed by atoms with Crippen LogP contribution in [0, 0.1) is 5.92 Å². The van der Waals surface area contributed by atoms with Gasteiger partial charge in [0.1, 0.15) is 6.04 Å². The smallest absolute Gasteiger partial charge is 0.245 e. The fraction of sp³-hybridized carbons (Fsp3) is 0.355. The molecule has 0 aromatic heterocycles. The van der Waals surface area contributed by atoms with Crippen molar-refractivity contribution in [2.45, 2.75) is 51.0 Å². The number of hydrogen-bond donors (Lipinski definition) is 1. The van der Waals surface area contributed by atoms with Crippen LogP contribution in [0.1, 0.15) is 61.6 Å². The van der Waals surface area contributed by atoms with Gasteiger partial charge in [-0.3, -0.25) is 9.59 Å². The predicted octanol–water partition coefficient (Wildman–Crippen LogP) is 6.41. The highest BCUT2D eigenvalue weighted by Gasteiger charge is 2.32. The van der Waals surface area contributed by atoms with Crippen LogP contribution in [0.15, 0.2) is 84.9 Å². The molecule has 2 amide bonds. The minimum atomic E-state index is -0.531. The van der Waals surface area contributed by atoms with Gasteiger partial charge < -0.3 is 10.2 Å². The van der Waals surface area contributed by atoms with Crippen molar-refractivity contribution < 1.29 is 9.59 Å². The monoisotopic (exact) mass is 502 g/mol. The molecule has 188 valence electrons. The van der Waals surface area contributed by atoms with E-state index in [1.54, 1.807) is 0 Å². The molecule has 36 heavy (non-hydrogen) atoms. The lowest BCUT2D eigenvalue weighted by Gasteiger charge is -2.35. The van der Waals surface area contributed by atoms with Crippen LogP contribution in [0.4, 0.5) is 0 Å². The van der Waals surface area contributed by atoms with Crippen LogP contribution in [0.2, 0.25) is 5.02 Å². The van der Waals surface area contributed by atoms with Crippen LogP contribution in [-0.4, -0.2) is 35.8 Å². The predicted molar refractivity (Wildman–Crippen MR) is 146 cm³/mol. The molecule has 3 aromatic rings. The Morgan fingerprint density at radius 2 is 1.39 bits per heavy atom. The summed E-state index contributed by atoms with van der Waals surface area (Å²) in [5, 5.41) is 3.83. The molecule has 1 N–H and O–H groups in total. The Bertz CT molecular complexity index is 1080. The topological polar surface area (TPSA) is 49.4 Å². The van der Waals surface area contributed by atoms with E-state index in [0.29, 0.717) is 25.4 Å². The summed E-state index contributed by atoms with van der Waals surface area (Å²) in [6.45, 7) is 5.38. The molecule has 1 aliphatic rings. The summed E-state index contributed by atoms with van der Waals surface area (Å²) in [5.41, 5.74) is 3.46. The van der Waals surface area contributed by atoms with E-state index < -0.39 is 6.04 Å². The molecule has 1 unspecified atom stereocenters. The number of rotatable bonds is 8. The van der Waals surface area contributed by atoms with Gasteiger partial charge in [-0.1, -0.05) is 98.2 Å². The average Bonchev–Trinajstić information content (AvgIpc) is 2.91. The van der Waals surface area contributed by atoms with Crippen molar-refractivity contribution in [1.82, 2.24) is 10.2 Å². The molecule has 4 rings (SSSR count). The van der Waals surface area contributed by atoms with Crippen LogP contribution in [0.3, 0.4) is 0 Å². The van der Waals surface area contributed by atoms with Crippen LogP contribution >= 0.6 is 11.6 Å². The Labute approximate surface area is 219 Å². The molecule has 1 atom stereocenters. The normalized spacial score (nSPS) is 15.2. The van der Waals surface area contributed by atoms with Gasteiger partial charge in [-0.05, 0) is 53.5 Å². The van der Waals surface area contributed by atoms with E-state index in [0.717, 1.165) is 29.0 Å². The van der Waals surface area contributed by atoms with Gasteiger partial charge in [0.15, 0.2) is 0 Å². The second-order valence-electron chi connectivity index (χ2n) is 10.0. The van der Waals surface area contributed by atoms with Gasteiger partial charge in [0, 0.05) is 30.5 Å². The summed E-state index contributed by atoms with van der Waals surface area (Å²) in [6, 6.07) is 27.7. The SMILES string of the molecule is CC(C)C(NC(=O)CC(c1ccccc1)c1ccccc1)C(=O)N1CCC(c2ccc(Cl)cc2)CC1. The first kappa shape index (κ1) is 26.0. The highest BCUT2D eigenvalue weighted by molar-refractivity contribution is 6.30. The Balaban J connectivity index is 1.40. The van der Waals surface area contributed by atoms with Gasteiger partial charge in [0.25, 0.3) is 0 Å². The number of carbonyl (C=O) groups excluding carboxylic acids is 2. The average molecular weight is 503 g/mol. The molecule has 0 spiro atoms. The second-order valence-corrected chi connectivity index (χ2v) is 10.5. The Morgan fingerprint density at radius 1 is 0.861 bits per heavy atom. The number of amides is 2. The maximum Gasteiger partial charge on any atom is 0.245 e. The quantitative estimate of drug-likeness (QED) is 0.387. The fourth-order valence-electron chi connectivity index (χ4n) is 5.10. The zero-order chi connectivity index (χ0) is 25.5. The Kier molecular flexibility index (Phi) is 8.82. The summed E-state index contributed by atoms with van der Waals surface area (Å²) in [5.74, 6) is 0.281. The highest BCUT2D eigenvalue weighted by Crippen LogP contribution is 2.30. The van der Waals surface area contributed by atoms with Gasteiger partial charge in [0.05, 0.1) is 0 Å². The van der Waals surface area contributed by atoms with Crippen molar-refractivity contribution in [3.05, 3.63) is 107 Å². The standard InChI is InChI=1S/C31H35ClN2O2/c1-22(2)30(31(36)34-19-17-24(18-20-34)23-13-15-27(32)16-14-23)33-29(35)21-28(25-9-5-3-6-10-25)26-11-7-4-8-12-26/h3-16,22,24,28,30H,17-21H2,1-2H3,(H,33,35). The third-order valence-electron chi connectivity index (χ3n) is 7.19. The zero-order valence-electron chi connectivity index (χ0n) is 21.1. The molecule has 0 saturated carbocycles. The zero-order valence-corrected chi connectivity index (χ0v) is 21.8. The second kappa shape index (κ2) is 12.2. The molecule has 0 radical (unpaired) electrons. The van der Waals surface area contributed by atoms with Crippen LogP contribution in [0.5, 0.6) is 0 Å². The number of hydrogen-bond acceptors (Lipinski definition) is 2. The van der Waals surface area contributed by atoms with Crippen molar-refractivity contribution >= 4 is 23.4 Å². The van der Waals surface area contributed by atoms with E-state index in [1.807, 2.05) is 67.3 Å². The van der Waals surface area contributed by atoms with Crippen LogP contribution < -0.4 is 5.32 Å².